The topological polar surface area (TPSA) is 44.8 Å². The second-order valence-corrected chi connectivity index (χ2v) is 6.95. The Morgan fingerprint density at radius 3 is 2.70 bits per heavy atom. The molecule has 1 unspecified atom stereocenters. The largest absolute Gasteiger partial charge is 0.401 e. The lowest BCUT2D eigenvalue weighted by Crippen LogP contribution is -2.56. The fourth-order valence-corrected chi connectivity index (χ4v) is 3.95. The Labute approximate surface area is 134 Å². The summed E-state index contributed by atoms with van der Waals surface area (Å²) in [5.41, 5.74) is -0.187. The molecular formula is C15H24F3N3O2. The third-order valence-electron chi connectivity index (χ3n) is 5.05. The summed E-state index contributed by atoms with van der Waals surface area (Å²) >= 11 is 0. The van der Waals surface area contributed by atoms with Crippen LogP contribution in [0.1, 0.15) is 32.1 Å². The van der Waals surface area contributed by atoms with Crippen LogP contribution in [-0.2, 0) is 4.74 Å². The molecule has 2 aliphatic heterocycles. The van der Waals surface area contributed by atoms with E-state index < -0.39 is 12.7 Å². The highest BCUT2D eigenvalue weighted by atomic mass is 19.4. The van der Waals surface area contributed by atoms with Crippen molar-refractivity contribution in [1.29, 1.82) is 0 Å². The number of urea groups is 1. The maximum atomic E-state index is 12.4. The molecular weight excluding hydrogens is 311 g/mol. The van der Waals surface area contributed by atoms with Gasteiger partial charge in [0.1, 0.15) is 0 Å². The van der Waals surface area contributed by atoms with E-state index in [4.69, 9.17) is 4.74 Å². The summed E-state index contributed by atoms with van der Waals surface area (Å²) in [6.07, 6.45) is 0.614. The molecule has 0 aromatic heterocycles. The summed E-state index contributed by atoms with van der Waals surface area (Å²) in [7, 11) is 0. The van der Waals surface area contributed by atoms with Crippen molar-refractivity contribution in [3.8, 4) is 0 Å². The zero-order valence-corrected chi connectivity index (χ0v) is 13.2. The van der Waals surface area contributed by atoms with Gasteiger partial charge in [0, 0.05) is 25.7 Å². The van der Waals surface area contributed by atoms with E-state index in [2.05, 4.69) is 5.32 Å². The van der Waals surface area contributed by atoms with Crippen LogP contribution in [0.4, 0.5) is 18.0 Å². The van der Waals surface area contributed by atoms with E-state index in [1.54, 1.807) is 4.90 Å². The van der Waals surface area contributed by atoms with E-state index in [1.807, 2.05) is 0 Å². The molecule has 1 saturated carbocycles. The predicted octanol–water partition coefficient (Wildman–Crippen LogP) is 1.98. The van der Waals surface area contributed by atoms with E-state index in [0.717, 1.165) is 25.7 Å². The Morgan fingerprint density at radius 1 is 1.26 bits per heavy atom. The Bertz CT molecular complexity index is 438. The molecule has 3 rings (SSSR count). The van der Waals surface area contributed by atoms with Crippen molar-refractivity contribution in [2.45, 2.75) is 49.9 Å². The van der Waals surface area contributed by atoms with Crippen LogP contribution in [0.15, 0.2) is 0 Å². The first-order chi connectivity index (χ1) is 10.9. The molecule has 132 valence electrons. The van der Waals surface area contributed by atoms with Gasteiger partial charge in [0.05, 0.1) is 25.3 Å². The summed E-state index contributed by atoms with van der Waals surface area (Å²) in [6.45, 7) is 1.42. The Kier molecular flexibility index (Phi) is 4.73. The minimum absolute atomic E-state index is 0.168. The highest BCUT2D eigenvalue weighted by Gasteiger charge is 2.41. The number of nitrogens with one attached hydrogen (secondary N) is 1. The Hall–Kier alpha value is -1.02. The number of nitrogens with zero attached hydrogens (tertiary/aromatic N) is 2. The third kappa shape index (κ3) is 4.29. The molecule has 3 fully saturated rings. The summed E-state index contributed by atoms with van der Waals surface area (Å²) in [5, 5.41) is 2.89. The Morgan fingerprint density at radius 2 is 2.00 bits per heavy atom. The maximum Gasteiger partial charge on any atom is 0.401 e. The summed E-state index contributed by atoms with van der Waals surface area (Å²) in [6, 6.07) is -0.370. The van der Waals surface area contributed by atoms with Crippen molar-refractivity contribution in [2.75, 3.05) is 39.3 Å². The standard InChI is InChI=1S/C15H24F3N3O2/c16-15(17,18)11-20-6-3-12(9-20)19-13(22)21-7-8-23-14(10-21)4-1-2-5-14/h12H,1-11H2,(H,19,22). The monoisotopic (exact) mass is 335 g/mol. The van der Waals surface area contributed by atoms with Crippen molar-refractivity contribution < 1.29 is 22.7 Å². The molecule has 1 atom stereocenters. The smallest absolute Gasteiger partial charge is 0.371 e. The maximum absolute atomic E-state index is 12.4. The number of amides is 2. The van der Waals surface area contributed by atoms with Crippen molar-refractivity contribution in [2.24, 2.45) is 0 Å². The van der Waals surface area contributed by atoms with E-state index in [9.17, 15) is 18.0 Å². The lowest BCUT2D eigenvalue weighted by atomic mass is 10.00. The molecule has 0 aromatic rings. The van der Waals surface area contributed by atoms with E-state index in [1.165, 1.54) is 4.90 Å². The van der Waals surface area contributed by atoms with Crippen LogP contribution < -0.4 is 5.32 Å². The van der Waals surface area contributed by atoms with Gasteiger partial charge in [-0.2, -0.15) is 13.2 Å². The number of rotatable bonds is 2. The number of carbonyl (C=O) groups excluding carboxylic acids is 1. The second kappa shape index (κ2) is 6.47. The van der Waals surface area contributed by atoms with E-state index >= 15 is 0 Å². The number of morpholine rings is 1. The van der Waals surface area contributed by atoms with Crippen molar-refractivity contribution in [1.82, 2.24) is 15.1 Å². The van der Waals surface area contributed by atoms with Gasteiger partial charge in [-0.25, -0.2) is 4.79 Å². The number of ether oxygens (including phenoxy) is 1. The molecule has 1 spiro atoms. The number of carbonyl (C=O) groups is 1. The van der Waals surface area contributed by atoms with Gasteiger partial charge < -0.3 is 15.0 Å². The summed E-state index contributed by atoms with van der Waals surface area (Å²) in [5.74, 6) is 0. The second-order valence-electron chi connectivity index (χ2n) is 6.95. The number of hydrogen-bond acceptors (Lipinski definition) is 3. The normalized spacial score (nSPS) is 28.5. The van der Waals surface area contributed by atoms with Crippen LogP contribution in [0.25, 0.3) is 0 Å². The highest BCUT2D eigenvalue weighted by Crippen LogP contribution is 2.35. The number of likely N-dealkylation sites (tertiary alicyclic amines) is 1. The molecule has 2 heterocycles. The molecule has 0 bridgehead atoms. The fraction of sp³-hybridized carbons (Fsp3) is 0.933. The molecule has 2 saturated heterocycles. The van der Waals surface area contributed by atoms with Gasteiger partial charge in [0.2, 0.25) is 0 Å². The van der Waals surface area contributed by atoms with E-state index in [0.29, 0.717) is 32.7 Å². The van der Waals surface area contributed by atoms with Crippen LogP contribution in [0.3, 0.4) is 0 Å². The van der Waals surface area contributed by atoms with Gasteiger partial charge in [-0.15, -0.1) is 0 Å². The molecule has 23 heavy (non-hydrogen) atoms. The van der Waals surface area contributed by atoms with Crippen LogP contribution in [-0.4, -0.2) is 73.0 Å². The SMILES string of the molecule is O=C(NC1CCN(CC(F)(F)F)C1)N1CCOC2(CCCC2)C1. The van der Waals surface area contributed by atoms with Gasteiger partial charge in [0.15, 0.2) is 0 Å². The first-order valence-electron chi connectivity index (χ1n) is 8.34. The zero-order valence-electron chi connectivity index (χ0n) is 13.2. The van der Waals surface area contributed by atoms with Crippen LogP contribution in [0.2, 0.25) is 0 Å². The van der Waals surface area contributed by atoms with Gasteiger partial charge in [-0.3, -0.25) is 4.90 Å². The summed E-state index contributed by atoms with van der Waals surface area (Å²) in [4.78, 5) is 15.5. The highest BCUT2D eigenvalue weighted by molar-refractivity contribution is 5.74. The van der Waals surface area contributed by atoms with Gasteiger partial charge in [-0.1, -0.05) is 12.8 Å². The molecule has 8 heteroatoms. The van der Waals surface area contributed by atoms with E-state index in [-0.39, 0.29) is 24.2 Å². The zero-order chi connectivity index (χ0) is 16.5. The first kappa shape index (κ1) is 16.8. The average molecular weight is 335 g/mol. The first-order valence-corrected chi connectivity index (χ1v) is 8.34. The summed E-state index contributed by atoms with van der Waals surface area (Å²) < 4.78 is 43.1. The minimum Gasteiger partial charge on any atom is -0.371 e. The predicted molar refractivity (Wildman–Crippen MR) is 78.2 cm³/mol. The fourth-order valence-electron chi connectivity index (χ4n) is 3.95. The molecule has 3 aliphatic rings. The number of hydrogen-bond donors (Lipinski definition) is 1. The average Bonchev–Trinajstić information content (AvgIpc) is 3.07. The molecule has 0 aromatic carbocycles. The van der Waals surface area contributed by atoms with Crippen LogP contribution in [0.5, 0.6) is 0 Å². The van der Waals surface area contributed by atoms with Gasteiger partial charge >= 0.3 is 12.2 Å². The van der Waals surface area contributed by atoms with Gasteiger partial charge in [0.25, 0.3) is 0 Å². The number of halogens is 3. The quantitative estimate of drug-likeness (QED) is 0.839. The lowest BCUT2D eigenvalue weighted by molar-refractivity contribution is -0.143. The van der Waals surface area contributed by atoms with Gasteiger partial charge in [-0.05, 0) is 19.3 Å². The van der Waals surface area contributed by atoms with Crippen molar-refractivity contribution in [3.05, 3.63) is 0 Å². The molecule has 0 radical (unpaired) electrons. The van der Waals surface area contributed by atoms with Crippen LogP contribution >= 0.6 is 0 Å². The molecule has 1 aliphatic carbocycles. The molecule has 5 nitrogen and oxygen atoms in total. The van der Waals surface area contributed by atoms with Crippen molar-refractivity contribution in [3.63, 3.8) is 0 Å². The van der Waals surface area contributed by atoms with Crippen LogP contribution in [0, 0.1) is 0 Å². The lowest BCUT2D eigenvalue weighted by Gasteiger charge is -2.40. The minimum atomic E-state index is -4.18. The number of alkyl halides is 3. The molecule has 2 amide bonds. The third-order valence-corrected chi connectivity index (χ3v) is 5.05. The van der Waals surface area contributed by atoms with Crippen molar-refractivity contribution >= 4 is 6.03 Å². The molecule has 1 N–H and O–H groups in total. The Balaban J connectivity index is 1.48.